The van der Waals surface area contributed by atoms with Gasteiger partial charge >= 0.3 is 0 Å². The Morgan fingerprint density at radius 2 is 1.19 bits per heavy atom. The van der Waals surface area contributed by atoms with Crippen LogP contribution >= 0.6 is 7.37 Å². The average Bonchev–Trinajstić information content (AvgIpc) is 2.66. The molecule has 3 aromatic rings. The van der Waals surface area contributed by atoms with Crippen LogP contribution < -0.4 is 10.6 Å². The van der Waals surface area contributed by atoms with Crippen molar-refractivity contribution in [3.8, 4) is 11.1 Å². The summed E-state index contributed by atoms with van der Waals surface area (Å²) in [6.45, 7) is 3.20. The molecule has 0 aliphatic carbocycles. The molecule has 3 rings (SSSR count). The van der Waals surface area contributed by atoms with E-state index in [1.54, 1.807) is 13.0 Å². The zero-order valence-electron chi connectivity index (χ0n) is 16.4. The predicted molar refractivity (Wildman–Crippen MR) is 117 cm³/mol. The van der Waals surface area contributed by atoms with E-state index in [1.165, 1.54) is 49.4 Å². The lowest BCUT2D eigenvalue weighted by molar-refractivity contribution is 0.481. The van der Waals surface area contributed by atoms with E-state index in [-0.39, 0.29) is 21.1 Å². The molecule has 0 aliphatic rings. The minimum absolute atomic E-state index is 0.0545. The van der Waals surface area contributed by atoms with Crippen LogP contribution in [-0.2, 0) is 24.8 Å². The van der Waals surface area contributed by atoms with E-state index in [0.717, 1.165) is 12.1 Å². The third kappa shape index (κ3) is 4.64. The molecular weight excluding hydrogens is 463 g/mol. The molecule has 11 heteroatoms. The minimum atomic E-state index is -4.60. The summed E-state index contributed by atoms with van der Waals surface area (Å²) in [4.78, 5) is 10.2. The Morgan fingerprint density at radius 1 is 0.677 bits per heavy atom. The molecular formula is C20H19O8PS2. The lowest BCUT2D eigenvalue weighted by Crippen LogP contribution is -2.21. The van der Waals surface area contributed by atoms with E-state index < -0.39 is 32.5 Å². The molecule has 0 radical (unpaired) electrons. The van der Waals surface area contributed by atoms with Crippen molar-refractivity contribution >= 4 is 38.2 Å². The van der Waals surface area contributed by atoms with Crippen LogP contribution in [0.15, 0.2) is 70.5 Å². The largest absolute Gasteiger partial charge is 0.338 e. The highest BCUT2D eigenvalue weighted by Gasteiger charge is 2.31. The molecule has 164 valence electrons. The van der Waals surface area contributed by atoms with Crippen molar-refractivity contribution in [1.29, 1.82) is 0 Å². The number of benzene rings is 3. The second-order valence-corrected chi connectivity index (χ2v) is 11.9. The lowest BCUT2D eigenvalue weighted by Gasteiger charge is -2.20. The van der Waals surface area contributed by atoms with E-state index in [2.05, 4.69) is 0 Å². The Morgan fingerprint density at radius 3 is 1.77 bits per heavy atom. The minimum Gasteiger partial charge on any atom is -0.338 e. The summed E-state index contributed by atoms with van der Waals surface area (Å²) in [6, 6.07) is 13.3. The van der Waals surface area contributed by atoms with Crippen molar-refractivity contribution in [2.75, 3.05) is 0 Å². The van der Waals surface area contributed by atoms with Gasteiger partial charge in [0.1, 0.15) is 0 Å². The predicted octanol–water partition coefficient (Wildman–Crippen LogP) is 2.69. The van der Waals surface area contributed by atoms with Gasteiger partial charge in [-0.2, -0.15) is 16.8 Å². The first-order valence-electron chi connectivity index (χ1n) is 8.82. The Labute approximate surface area is 180 Å². The van der Waals surface area contributed by atoms with Crippen LogP contribution in [0.1, 0.15) is 11.1 Å². The lowest BCUT2D eigenvalue weighted by atomic mass is 10.0. The maximum atomic E-state index is 13.6. The number of aryl methyl sites for hydroxylation is 2. The molecule has 1 unspecified atom stereocenters. The third-order valence-corrected chi connectivity index (χ3v) is 8.71. The summed E-state index contributed by atoms with van der Waals surface area (Å²) in [7, 11) is -13.5. The molecule has 31 heavy (non-hydrogen) atoms. The van der Waals surface area contributed by atoms with Gasteiger partial charge in [0, 0.05) is 10.6 Å². The maximum absolute atomic E-state index is 13.6. The van der Waals surface area contributed by atoms with Crippen molar-refractivity contribution in [3.05, 3.63) is 71.8 Å². The summed E-state index contributed by atoms with van der Waals surface area (Å²) in [5, 5.41) is -0.236. The first kappa shape index (κ1) is 23.3. The van der Waals surface area contributed by atoms with Crippen molar-refractivity contribution in [2.45, 2.75) is 23.6 Å². The van der Waals surface area contributed by atoms with Crippen molar-refractivity contribution < 1.29 is 35.4 Å². The molecule has 0 aliphatic heterocycles. The van der Waals surface area contributed by atoms with Gasteiger partial charge < -0.3 is 4.89 Å². The molecule has 0 aromatic heterocycles. The second kappa shape index (κ2) is 7.98. The van der Waals surface area contributed by atoms with Crippen LogP contribution in [0.2, 0.25) is 0 Å². The van der Waals surface area contributed by atoms with E-state index in [4.69, 9.17) is 0 Å². The van der Waals surface area contributed by atoms with Crippen LogP contribution in [0, 0.1) is 13.8 Å². The fourth-order valence-electron chi connectivity index (χ4n) is 3.22. The van der Waals surface area contributed by atoms with Gasteiger partial charge in [-0.25, -0.2) is 0 Å². The normalized spacial score (nSPS) is 14.2. The quantitative estimate of drug-likeness (QED) is 0.372. The molecule has 0 bridgehead atoms. The van der Waals surface area contributed by atoms with E-state index in [1.807, 2.05) is 0 Å². The van der Waals surface area contributed by atoms with E-state index >= 15 is 0 Å². The van der Waals surface area contributed by atoms with Crippen LogP contribution in [0.25, 0.3) is 11.1 Å². The highest BCUT2D eigenvalue weighted by atomic mass is 32.2. The summed E-state index contributed by atoms with van der Waals surface area (Å²) in [6.07, 6.45) is 0. The Hall–Kier alpha value is -2.33. The van der Waals surface area contributed by atoms with Crippen LogP contribution in [0.4, 0.5) is 0 Å². The summed E-state index contributed by atoms with van der Waals surface area (Å²) < 4.78 is 78.6. The van der Waals surface area contributed by atoms with Crippen molar-refractivity contribution in [3.63, 3.8) is 0 Å². The first-order valence-corrected chi connectivity index (χ1v) is 13.4. The molecule has 3 aromatic carbocycles. The van der Waals surface area contributed by atoms with Crippen molar-refractivity contribution in [1.82, 2.24) is 0 Å². The van der Waals surface area contributed by atoms with Crippen molar-refractivity contribution in [2.24, 2.45) is 0 Å². The summed E-state index contributed by atoms with van der Waals surface area (Å²) in [5.74, 6) is 0. The molecule has 1 atom stereocenters. The van der Waals surface area contributed by atoms with E-state index in [9.17, 15) is 35.4 Å². The standard InChI is InChI=1S/C20H19O8PS2/c1-13-7-9-15(30(23,24)25)11-18(13)17-5-3-4-6-19(17)29(21,22)20-12-16(31(26,27)28)10-8-14(20)2/h3-12H,1-2H3,(H,21,22)(H,23,24,25)(H,26,27,28). The molecule has 0 spiro atoms. The number of hydrogen-bond acceptors (Lipinski definition) is 5. The molecule has 0 saturated heterocycles. The smallest absolute Gasteiger partial charge is 0.294 e. The van der Waals surface area contributed by atoms with Gasteiger partial charge in [-0.15, -0.1) is 0 Å². The molecule has 0 fully saturated rings. The highest BCUT2D eigenvalue weighted by molar-refractivity contribution is 7.86. The topological polar surface area (TPSA) is 146 Å². The van der Waals surface area contributed by atoms with Gasteiger partial charge in [0.2, 0.25) is 0 Å². The second-order valence-electron chi connectivity index (χ2n) is 6.97. The average molecular weight is 482 g/mol. The van der Waals surface area contributed by atoms with Crippen LogP contribution in [-0.4, -0.2) is 30.8 Å². The van der Waals surface area contributed by atoms with Gasteiger partial charge in [0.15, 0.2) is 0 Å². The zero-order chi connectivity index (χ0) is 23.2. The van der Waals surface area contributed by atoms with E-state index in [0.29, 0.717) is 16.7 Å². The van der Waals surface area contributed by atoms with Gasteiger partial charge in [0.25, 0.3) is 27.6 Å². The monoisotopic (exact) mass is 482 g/mol. The summed E-state index contributed by atoms with van der Waals surface area (Å²) >= 11 is 0. The fourth-order valence-corrected chi connectivity index (χ4v) is 6.26. The first-order chi connectivity index (χ1) is 14.2. The molecule has 0 heterocycles. The zero-order valence-corrected chi connectivity index (χ0v) is 18.9. The van der Waals surface area contributed by atoms with Crippen LogP contribution in [0.5, 0.6) is 0 Å². The van der Waals surface area contributed by atoms with Crippen LogP contribution in [0.3, 0.4) is 0 Å². The fraction of sp³-hybridized carbons (Fsp3) is 0.100. The summed E-state index contributed by atoms with van der Waals surface area (Å²) in [5.41, 5.74) is 1.47. The SMILES string of the molecule is Cc1ccc(S(=O)(=O)O)cc1-c1ccccc1P(=O)(O)c1cc(S(=O)(=O)O)ccc1C. The Balaban J connectivity index is 2.30. The van der Waals surface area contributed by atoms with Gasteiger partial charge in [-0.05, 0) is 66.4 Å². The van der Waals surface area contributed by atoms with Gasteiger partial charge in [-0.1, -0.05) is 30.3 Å². The molecule has 0 amide bonds. The van der Waals surface area contributed by atoms with Gasteiger partial charge in [-0.3, -0.25) is 13.7 Å². The Bertz CT molecular complexity index is 1440. The highest BCUT2D eigenvalue weighted by Crippen LogP contribution is 2.43. The third-order valence-electron chi connectivity index (χ3n) is 4.83. The molecule has 8 nitrogen and oxygen atoms in total. The van der Waals surface area contributed by atoms with Gasteiger partial charge in [0.05, 0.1) is 9.79 Å². The molecule has 0 saturated carbocycles. The molecule has 3 N–H and O–H groups in total. The number of hydrogen-bond donors (Lipinski definition) is 3. The number of rotatable bonds is 5. The maximum Gasteiger partial charge on any atom is 0.294 e. The Kier molecular flexibility index (Phi) is 6.01.